The fourth-order valence-electron chi connectivity index (χ4n) is 2.40. The van der Waals surface area contributed by atoms with Gasteiger partial charge in [0.1, 0.15) is 0 Å². The summed E-state index contributed by atoms with van der Waals surface area (Å²) >= 11 is 0. The standard InChI is InChI=1S/C17H35N3O4/c1-13(2)11-15(14(3)4)12-24-10-6-9-18-16(21)7-5-8-17(22)19-20-23/h13-15,20,23H,5-12H2,1-4H3,(H,18,21)(H,19,22). The van der Waals surface area contributed by atoms with E-state index in [0.717, 1.165) is 13.0 Å². The molecular weight excluding hydrogens is 310 g/mol. The van der Waals surface area contributed by atoms with E-state index in [1.165, 1.54) is 6.42 Å². The molecule has 2 amide bonds. The van der Waals surface area contributed by atoms with E-state index in [-0.39, 0.29) is 18.2 Å². The summed E-state index contributed by atoms with van der Waals surface area (Å²) in [5.41, 5.74) is 3.60. The molecule has 0 aromatic carbocycles. The van der Waals surface area contributed by atoms with Crippen molar-refractivity contribution in [1.82, 2.24) is 16.3 Å². The third-order valence-corrected chi connectivity index (χ3v) is 3.84. The second kappa shape index (κ2) is 14.2. The number of amides is 2. The summed E-state index contributed by atoms with van der Waals surface area (Å²) in [4.78, 5) is 22.6. The van der Waals surface area contributed by atoms with Gasteiger partial charge in [-0.2, -0.15) is 0 Å². The van der Waals surface area contributed by atoms with Crippen molar-refractivity contribution < 1.29 is 19.5 Å². The summed E-state index contributed by atoms with van der Waals surface area (Å²) in [5, 5.41) is 11.1. The van der Waals surface area contributed by atoms with Crippen molar-refractivity contribution in [3.63, 3.8) is 0 Å². The summed E-state index contributed by atoms with van der Waals surface area (Å²) in [5.74, 6) is 1.46. The normalized spacial score (nSPS) is 12.5. The van der Waals surface area contributed by atoms with Gasteiger partial charge in [0, 0.05) is 32.6 Å². The molecule has 142 valence electrons. The quantitative estimate of drug-likeness (QED) is 0.285. The van der Waals surface area contributed by atoms with Gasteiger partial charge in [0.25, 0.3) is 0 Å². The van der Waals surface area contributed by atoms with Crippen molar-refractivity contribution in [2.75, 3.05) is 19.8 Å². The van der Waals surface area contributed by atoms with E-state index in [1.807, 2.05) is 5.43 Å². The number of carbonyl (C=O) groups is 2. The number of carbonyl (C=O) groups excluding carboxylic acids is 2. The predicted molar refractivity (Wildman–Crippen MR) is 93.1 cm³/mol. The smallest absolute Gasteiger partial charge is 0.235 e. The van der Waals surface area contributed by atoms with Crippen molar-refractivity contribution in [3.8, 4) is 0 Å². The summed E-state index contributed by atoms with van der Waals surface area (Å²) in [6.07, 6.45) is 2.89. The predicted octanol–water partition coefficient (Wildman–Crippen LogP) is 2.01. The first-order valence-electron chi connectivity index (χ1n) is 8.89. The highest BCUT2D eigenvalue weighted by atomic mass is 16.5. The first-order valence-corrected chi connectivity index (χ1v) is 8.89. The van der Waals surface area contributed by atoms with Crippen LogP contribution < -0.4 is 16.3 Å². The van der Waals surface area contributed by atoms with Crippen LogP contribution in [0, 0.1) is 17.8 Å². The summed E-state index contributed by atoms with van der Waals surface area (Å²) in [7, 11) is 0. The number of rotatable bonds is 14. The Morgan fingerprint density at radius 1 is 1.04 bits per heavy atom. The van der Waals surface area contributed by atoms with Crippen LogP contribution in [0.3, 0.4) is 0 Å². The first kappa shape index (κ1) is 22.8. The average Bonchev–Trinajstić information content (AvgIpc) is 2.49. The second-order valence-electron chi connectivity index (χ2n) is 6.93. The Hall–Kier alpha value is -1.18. The molecule has 0 aliphatic heterocycles. The van der Waals surface area contributed by atoms with Crippen LogP contribution in [0.5, 0.6) is 0 Å². The van der Waals surface area contributed by atoms with Crippen molar-refractivity contribution in [1.29, 1.82) is 0 Å². The Labute approximate surface area is 145 Å². The second-order valence-corrected chi connectivity index (χ2v) is 6.93. The zero-order chi connectivity index (χ0) is 18.4. The van der Waals surface area contributed by atoms with Crippen LogP contribution in [0.25, 0.3) is 0 Å². The number of ether oxygens (including phenoxy) is 1. The maximum atomic E-state index is 11.6. The molecule has 1 atom stereocenters. The van der Waals surface area contributed by atoms with Crippen LogP contribution in [0.1, 0.15) is 59.8 Å². The van der Waals surface area contributed by atoms with Gasteiger partial charge in [-0.05, 0) is 37.0 Å². The van der Waals surface area contributed by atoms with Crippen LogP contribution in [0.2, 0.25) is 0 Å². The Kier molecular flexibility index (Phi) is 13.5. The van der Waals surface area contributed by atoms with E-state index >= 15 is 0 Å². The van der Waals surface area contributed by atoms with Gasteiger partial charge in [-0.25, -0.2) is 0 Å². The Bertz CT molecular complexity index is 349. The minimum Gasteiger partial charge on any atom is -0.381 e. The monoisotopic (exact) mass is 345 g/mol. The van der Waals surface area contributed by atoms with Crippen molar-refractivity contribution in [2.24, 2.45) is 17.8 Å². The van der Waals surface area contributed by atoms with Gasteiger partial charge < -0.3 is 10.1 Å². The Morgan fingerprint density at radius 3 is 2.29 bits per heavy atom. The van der Waals surface area contributed by atoms with E-state index in [4.69, 9.17) is 9.94 Å². The van der Waals surface area contributed by atoms with Crippen LogP contribution in [-0.2, 0) is 14.3 Å². The van der Waals surface area contributed by atoms with Gasteiger partial charge in [0.2, 0.25) is 11.8 Å². The highest BCUT2D eigenvalue weighted by Gasteiger charge is 2.15. The van der Waals surface area contributed by atoms with Crippen molar-refractivity contribution >= 4 is 11.8 Å². The lowest BCUT2D eigenvalue weighted by molar-refractivity contribution is -0.125. The summed E-state index contributed by atoms with van der Waals surface area (Å²) in [6, 6.07) is 0. The molecule has 0 saturated heterocycles. The van der Waals surface area contributed by atoms with Crippen LogP contribution in [0.15, 0.2) is 0 Å². The van der Waals surface area contributed by atoms with Gasteiger partial charge in [-0.15, -0.1) is 5.59 Å². The molecule has 0 radical (unpaired) electrons. The highest BCUT2D eigenvalue weighted by Crippen LogP contribution is 2.20. The minimum atomic E-state index is -0.347. The Balaban J connectivity index is 3.61. The number of hydrogen-bond acceptors (Lipinski definition) is 5. The van der Waals surface area contributed by atoms with Crippen LogP contribution in [-0.4, -0.2) is 36.8 Å². The molecular formula is C17H35N3O4. The van der Waals surface area contributed by atoms with E-state index in [0.29, 0.717) is 43.7 Å². The summed E-state index contributed by atoms with van der Waals surface area (Å²) in [6.45, 7) is 10.9. The van der Waals surface area contributed by atoms with E-state index in [1.54, 1.807) is 5.59 Å². The number of hydrogen-bond donors (Lipinski definition) is 4. The molecule has 0 saturated carbocycles. The number of hydrazine groups is 1. The lowest BCUT2D eigenvalue weighted by atomic mass is 9.88. The van der Waals surface area contributed by atoms with Gasteiger partial charge >= 0.3 is 0 Å². The van der Waals surface area contributed by atoms with E-state index in [9.17, 15) is 9.59 Å². The molecule has 1 unspecified atom stereocenters. The number of nitrogens with one attached hydrogen (secondary N) is 3. The maximum Gasteiger partial charge on any atom is 0.235 e. The molecule has 0 aliphatic rings. The SMILES string of the molecule is CC(C)CC(COCCCNC(=O)CCCC(=O)NNO)C(C)C. The van der Waals surface area contributed by atoms with E-state index < -0.39 is 0 Å². The van der Waals surface area contributed by atoms with Gasteiger partial charge in [0.05, 0.1) is 0 Å². The first-order chi connectivity index (χ1) is 11.4. The van der Waals surface area contributed by atoms with Crippen LogP contribution >= 0.6 is 0 Å². The third-order valence-electron chi connectivity index (χ3n) is 3.84. The molecule has 7 heteroatoms. The molecule has 0 fully saturated rings. The zero-order valence-corrected chi connectivity index (χ0v) is 15.6. The molecule has 0 aliphatic carbocycles. The zero-order valence-electron chi connectivity index (χ0n) is 15.6. The largest absolute Gasteiger partial charge is 0.381 e. The average molecular weight is 345 g/mol. The van der Waals surface area contributed by atoms with Crippen molar-refractivity contribution in [3.05, 3.63) is 0 Å². The fourth-order valence-corrected chi connectivity index (χ4v) is 2.40. The van der Waals surface area contributed by atoms with Crippen LogP contribution in [0.4, 0.5) is 0 Å². The molecule has 4 N–H and O–H groups in total. The van der Waals surface area contributed by atoms with Gasteiger partial charge in [-0.1, -0.05) is 27.7 Å². The van der Waals surface area contributed by atoms with E-state index in [2.05, 4.69) is 33.0 Å². The fraction of sp³-hybridized carbons (Fsp3) is 0.882. The highest BCUT2D eigenvalue weighted by molar-refractivity contribution is 5.78. The van der Waals surface area contributed by atoms with Crippen molar-refractivity contribution in [2.45, 2.75) is 59.8 Å². The van der Waals surface area contributed by atoms with Gasteiger partial charge in [-0.3, -0.25) is 20.2 Å². The molecule has 0 heterocycles. The molecule has 0 aromatic heterocycles. The molecule has 0 bridgehead atoms. The molecule has 7 nitrogen and oxygen atoms in total. The molecule has 24 heavy (non-hydrogen) atoms. The topological polar surface area (TPSA) is 99.7 Å². The third kappa shape index (κ3) is 13.3. The molecule has 0 aromatic rings. The molecule has 0 spiro atoms. The lowest BCUT2D eigenvalue weighted by Gasteiger charge is -2.22. The lowest BCUT2D eigenvalue weighted by Crippen LogP contribution is -2.34. The Morgan fingerprint density at radius 2 is 1.71 bits per heavy atom. The molecule has 0 rings (SSSR count). The van der Waals surface area contributed by atoms with Gasteiger partial charge in [0.15, 0.2) is 0 Å². The minimum absolute atomic E-state index is 0.0698. The maximum absolute atomic E-state index is 11.6. The summed E-state index contributed by atoms with van der Waals surface area (Å²) < 4.78 is 5.74.